The molecule has 0 atom stereocenters. The topological polar surface area (TPSA) is 44.6 Å². The summed E-state index contributed by atoms with van der Waals surface area (Å²) in [6.45, 7) is 6.00. The highest BCUT2D eigenvalue weighted by Gasteiger charge is 2.17. The van der Waals surface area contributed by atoms with Crippen LogP contribution in [0.2, 0.25) is 0 Å². The lowest BCUT2D eigenvalue weighted by Gasteiger charge is -2.25. The maximum Gasteiger partial charge on any atom is 0.0837 e. The average Bonchev–Trinajstić information content (AvgIpc) is 2.28. The third-order valence-electron chi connectivity index (χ3n) is 2.78. The van der Waals surface area contributed by atoms with Crippen LogP contribution < -0.4 is 5.32 Å². The van der Waals surface area contributed by atoms with E-state index in [-0.39, 0.29) is 5.54 Å². The lowest BCUT2D eigenvalue weighted by atomic mass is 9.92. The fourth-order valence-electron chi connectivity index (χ4n) is 1.34. The van der Waals surface area contributed by atoms with Crippen molar-refractivity contribution < 1.29 is 5.21 Å². The molecule has 3 heteroatoms. The Morgan fingerprint density at radius 1 is 1.40 bits per heavy atom. The van der Waals surface area contributed by atoms with Gasteiger partial charge in [-0.3, -0.25) is 0 Å². The van der Waals surface area contributed by atoms with Gasteiger partial charge in [0.15, 0.2) is 0 Å². The highest BCUT2D eigenvalue weighted by atomic mass is 16.4. The van der Waals surface area contributed by atoms with Gasteiger partial charge < -0.3 is 10.5 Å². The molecule has 82 valence electrons. The van der Waals surface area contributed by atoms with E-state index in [1.54, 1.807) is 6.92 Å². The minimum Gasteiger partial charge on any atom is -0.411 e. The lowest BCUT2D eigenvalue weighted by Crippen LogP contribution is -2.33. The van der Waals surface area contributed by atoms with E-state index in [2.05, 4.69) is 30.4 Å². The molecule has 3 nitrogen and oxygen atoms in total. The molecule has 0 aromatic heterocycles. The zero-order chi connectivity index (χ0) is 11.5. The first-order valence-electron chi connectivity index (χ1n) is 4.99. The van der Waals surface area contributed by atoms with Gasteiger partial charge in [0, 0.05) is 5.54 Å². The van der Waals surface area contributed by atoms with Crippen LogP contribution in [0.1, 0.15) is 31.9 Å². The quantitative estimate of drug-likeness (QED) is 0.453. The fourth-order valence-corrected chi connectivity index (χ4v) is 1.34. The van der Waals surface area contributed by atoms with Crippen LogP contribution in [0, 0.1) is 0 Å². The molecule has 1 rings (SSSR count). The third-order valence-corrected chi connectivity index (χ3v) is 2.78. The maximum absolute atomic E-state index is 8.71. The molecule has 2 N–H and O–H groups in total. The van der Waals surface area contributed by atoms with Gasteiger partial charge in [-0.15, -0.1) is 0 Å². The molecule has 0 saturated heterocycles. The van der Waals surface area contributed by atoms with Gasteiger partial charge >= 0.3 is 0 Å². The third kappa shape index (κ3) is 2.57. The van der Waals surface area contributed by atoms with E-state index >= 15 is 0 Å². The van der Waals surface area contributed by atoms with Gasteiger partial charge in [0.1, 0.15) is 0 Å². The van der Waals surface area contributed by atoms with Crippen LogP contribution in [0.4, 0.5) is 0 Å². The molecule has 0 aliphatic rings. The molecule has 1 aromatic carbocycles. The molecule has 1 aromatic rings. The van der Waals surface area contributed by atoms with Crippen molar-refractivity contribution in [3.63, 3.8) is 0 Å². The smallest absolute Gasteiger partial charge is 0.0837 e. The maximum atomic E-state index is 8.71. The monoisotopic (exact) mass is 206 g/mol. The molecule has 15 heavy (non-hydrogen) atoms. The van der Waals surface area contributed by atoms with Gasteiger partial charge in [-0.2, -0.15) is 0 Å². The Hall–Kier alpha value is -1.35. The molecule has 0 radical (unpaired) electrons. The van der Waals surface area contributed by atoms with E-state index in [1.165, 1.54) is 5.56 Å². The Morgan fingerprint density at radius 2 is 2.07 bits per heavy atom. The summed E-state index contributed by atoms with van der Waals surface area (Å²) in [6, 6.07) is 8.00. The first-order valence-corrected chi connectivity index (χ1v) is 4.99. The SMILES string of the molecule is CNC(C)(C)c1cccc(/C(C)=N/O)c1. The van der Waals surface area contributed by atoms with Crippen LogP contribution in [-0.4, -0.2) is 18.0 Å². The van der Waals surface area contributed by atoms with E-state index in [9.17, 15) is 0 Å². The van der Waals surface area contributed by atoms with E-state index in [0.29, 0.717) is 5.71 Å². The molecule has 0 unspecified atom stereocenters. The van der Waals surface area contributed by atoms with E-state index in [4.69, 9.17) is 5.21 Å². The van der Waals surface area contributed by atoms with Crippen LogP contribution in [-0.2, 0) is 5.54 Å². The van der Waals surface area contributed by atoms with Crippen LogP contribution in [0.3, 0.4) is 0 Å². The molecule has 0 saturated carbocycles. The molecular formula is C12H18N2O. The van der Waals surface area contributed by atoms with Gasteiger partial charge in [0.2, 0.25) is 0 Å². The number of benzene rings is 1. The predicted octanol–water partition coefficient (Wildman–Crippen LogP) is 2.34. The second kappa shape index (κ2) is 4.45. The zero-order valence-electron chi connectivity index (χ0n) is 9.70. The Labute approximate surface area is 90.8 Å². The van der Waals surface area contributed by atoms with Crippen molar-refractivity contribution in [2.24, 2.45) is 5.16 Å². The number of nitrogens with one attached hydrogen (secondary N) is 1. The largest absolute Gasteiger partial charge is 0.411 e. The summed E-state index contributed by atoms with van der Waals surface area (Å²) >= 11 is 0. The van der Waals surface area contributed by atoms with Crippen molar-refractivity contribution in [2.45, 2.75) is 26.3 Å². The molecule has 0 aliphatic heterocycles. The average molecular weight is 206 g/mol. The summed E-state index contributed by atoms with van der Waals surface area (Å²) in [7, 11) is 1.93. The van der Waals surface area contributed by atoms with Crippen molar-refractivity contribution in [2.75, 3.05) is 7.05 Å². The first kappa shape index (κ1) is 11.7. The molecule has 0 amide bonds. The molecule has 0 bridgehead atoms. The number of oxime groups is 1. The summed E-state index contributed by atoms with van der Waals surface area (Å²) in [5, 5.41) is 15.2. The summed E-state index contributed by atoms with van der Waals surface area (Å²) in [5.41, 5.74) is 2.67. The van der Waals surface area contributed by atoms with Crippen molar-refractivity contribution in [3.8, 4) is 0 Å². The van der Waals surface area contributed by atoms with Crippen LogP contribution >= 0.6 is 0 Å². The van der Waals surface area contributed by atoms with E-state index < -0.39 is 0 Å². The van der Waals surface area contributed by atoms with Gasteiger partial charge in [-0.25, -0.2) is 0 Å². The minimum absolute atomic E-state index is 0.0776. The van der Waals surface area contributed by atoms with Crippen molar-refractivity contribution in [3.05, 3.63) is 35.4 Å². The van der Waals surface area contributed by atoms with Crippen molar-refractivity contribution >= 4 is 5.71 Å². The fraction of sp³-hybridized carbons (Fsp3) is 0.417. The molecular weight excluding hydrogens is 188 g/mol. The van der Waals surface area contributed by atoms with Gasteiger partial charge in [-0.1, -0.05) is 23.4 Å². The normalized spacial score (nSPS) is 12.9. The van der Waals surface area contributed by atoms with Gasteiger partial charge in [-0.05, 0) is 45.0 Å². The summed E-state index contributed by atoms with van der Waals surface area (Å²) in [6.07, 6.45) is 0. The zero-order valence-corrected chi connectivity index (χ0v) is 9.70. The Morgan fingerprint density at radius 3 is 2.60 bits per heavy atom. The van der Waals surface area contributed by atoms with Crippen LogP contribution in [0.15, 0.2) is 29.4 Å². The van der Waals surface area contributed by atoms with Crippen LogP contribution in [0.25, 0.3) is 0 Å². The Balaban J connectivity index is 3.14. The molecule has 0 fully saturated rings. The number of hydrogen-bond acceptors (Lipinski definition) is 3. The second-order valence-electron chi connectivity index (χ2n) is 4.14. The number of rotatable bonds is 3. The van der Waals surface area contributed by atoms with Crippen molar-refractivity contribution in [1.82, 2.24) is 5.32 Å². The summed E-state index contributed by atoms with van der Waals surface area (Å²) < 4.78 is 0. The molecule has 0 heterocycles. The second-order valence-corrected chi connectivity index (χ2v) is 4.14. The Bertz CT molecular complexity index is 370. The first-order chi connectivity index (χ1) is 7.01. The van der Waals surface area contributed by atoms with Crippen LogP contribution in [0.5, 0.6) is 0 Å². The lowest BCUT2D eigenvalue weighted by molar-refractivity contribution is 0.319. The standard InChI is InChI=1S/C12H18N2O/c1-9(14-15)10-6-5-7-11(8-10)12(2,3)13-4/h5-8,13,15H,1-4H3/b14-9+. The summed E-state index contributed by atoms with van der Waals surface area (Å²) in [4.78, 5) is 0. The predicted molar refractivity (Wildman–Crippen MR) is 62.5 cm³/mol. The Kier molecular flexibility index (Phi) is 3.48. The number of nitrogens with zero attached hydrogens (tertiary/aromatic N) is 1. The van der Waals surface area contributed by atoms with Gasteiger partial charge in [0.05, 0.1) is 5.71 Å². The van der Waals surface area contributed by atoms with Gasteiger partial charge in [0.25, 0.3) is 0 Å². The van der Waals surface area contributed by atoms with E-state index in [1.807, 2.05) is 25.2 Å². The highest BCUT2D eigenvalue weighted by Crippen LogP contribution is 2.20. The summed E-state index contributed by atoms with van der Waals surface area (Å²) in [5.74, 6) is 0. The minimum atomic E-state index is -0.0776. The molecule has 0 spiro atoms. The highest BCUT2D eigenvalue weighted by molar-refractivity contribution is 5.98. The number of hydrogen-bond donors (Lipinski definition) is 2. The molecule has 0 aliphatic carbocycles. The van der Waals surface area contributed by atoms with E-state index in [0.717, 1.165) is 5.56 Å². The van der Waals surface area contributed by atoms with Crippen molar-refractivity contribution in [1.29, 1.82) is 0 Å².